The minimum absolute atomic E-state index is 0.0472. The summed E-state index contributed by atoms with van der Waals surface area (Å²) in [6, 6.07) is 6.14. The lowest BCUT2D eigenvalue weighted by Crippen LogP contribution is -2.48. The molecule has 2 heterocycles. The summed E-state index contributed by atoms with van der Waals surface area (Å²) < 4.78 is 14.6. The van der Waals surface area contributed by atoms with Gasteiger partial charge in [-0.25, -0.2) is 4.39 Å². The van der Waals surface area contributed by atoms with Gasteiger partial charge in [0.05, 0.1) is 11.6 Å². The van der Waals surface area contributed by atoms with Gasteiger partial charge in [0.1, 0.15) is 5.82 Å². The van der Waals surface area contributed by atoms with E-state index in [1.165, 1.54) is 0 Å². The zero-order valence-electron chi connectivity index (χ0n) is 16.2. The quantitative estimate of drug-likeness (QED) is 0.886. The highest BCUT2D eigenvalue weighted by Crippen LogP contribution is 2.31. The van der Waals surface area contributed by atoms with Gasteiger partial charge in [0.25, 0.3) is 0 Å². The number of aliphatic carboxylic acids is 1. The van der Waals surface area contributed by atoms with E-state index in [1.807, 2.05) is 12.1 Å². The van der Waals surface area contributed by atoms with Crippen molar-refractivity contribution < 1.29 is 14.3 Å². The van der Waals surface area contributed by atoms with Gasteiger partial charge in [-0.15, -0.1) is 0 Å². The second-order valence-corrected chi connectivity index (χ2v) is 8.78. The summed E-state index contributed by atoms with van der Waals surface area (Å²) in [5.41, 5.74) is 1.69. The molecule has 0 unspecified atom stereocenters. The molecule has 0 bridgehead atoms. The van der Waals surface area contributed by atoms with Crippen LogP contribution in [0.5, 0.6) is 0 Å². The fourth-order valence-corrected chi connectivity index (χ4v) is 4.21. The molecular weight excluding hydrogens is 331 g/mol. The average Bonchev–Trinajstić information content (AvgIpc) is 2.61. The molecule has 3 rings (SSSR count). The van der Waals surface area contributed by atoms with Gasteiger partial charge in [-0.3, -0.25) is 4.79 Å². The van der Waals surface area contributed by atoms with Crippen molar-refractivity contribution in [2.45, 2.75) is 57.9 Å². The average molecular weight is 362 g/mol. The molecule has 1 aromatic rings. The van der Waals surface area contributed by atoms with Crippen molar-refractivity contribution >= 4 is 11.7 Å². The van der Waals surface area contributed by atoms with Gasteiger partial charge in [-0.1, -0.05) is 26.8 Å². The number of nitrogens with zero attached hydrogens (tertiary/aromatic N) is 2. The normalized spacial score (nSPS) is 21.2. The van der Waals surface area contributed by atoms with E-state index >= 15 is 0 Å². The number of hydrogen-bond donors (Lipinski definition) is 1. The molecule has 2 saturated heterocycles. The Morgan fingerprint density at radius 1 is 1.08 bits per heavy atom. The molecule has 0 spiro atoms. The summed E-state index contributed by atoms with van der Waals surface area (Å²) in [5.74, 6) is -0.964. The number of anilines is 1. The van der Waals surface area contributed by atoms with Crippen LogP contribution in [0, 0.1) is 11.7 Å². The molecule has 0 aliphatic carbocycles. The second-order valence-electron chi connectivity index (χ2n) is 8.78. The standard InChI is InChI=1S/C21H31FN2O2/c1-21(2,3)16-4-5-19(18(22)14-16)24-12-8-17(9-13-24)23-10-6-15(7-11-23)20(25)26/h4-5,14-15,17H,6-13H2,1-3H3,(H,25,26). The summed E-state index contributed by atoms with van der Waals surface area (Å²) in [6.45, 7) is 9.75. The first-order chi connectivity index (χ1) is 12.3. The number of likely N-dealkylation sites (tertiary alicyclic amines) is 1. The maximum Gasteiger partial charge on any atom is 0.306 e. The summed E-state index contributed by atoms with van der Waals surface area (Å²) in [7, 11) is 0. The number of carboxylic acids is 1. The van der Waals surface area contributed by atoms with Crippen LogP contribution in [0.15, 0.2) is 18.2 Å². The Morgan fingerprint density at radius 3 is 2.19 bits per heavy atom. The van der Waals surface area contributed by atoms with Crippen molar-refractivity contribution in [2.75, 3.05) is 31.1 Å². The summed E-state index contributed by atoms with van der Waals surface area (Å²) in [4.78, 5) is 15.7. The van der Waals surface area contributed by atoms with E-state index in [-0.39, 0.29) is 17.2 Å². The van der Waals surface area contributed by atoms with Gasteiger partial charge in [0, 0.05) is 19.1 Å². The largest absolute Gasteiger partial charge is 0.481 e. The highest BCUT2D eigenvalue weighted by molar-refractivity contribution is 5.70. The topological polar surface area (TPSA) is 43.8 Å². The van der Waals surface area contributed by atoms with E-state index in [2.05, 4.69) is 30.6 Å². The van der Waals surface area contributed by atoms with Crippen LogP contribution in [-0.4, -0.2) is 48.2 Å². The molecule has 2 aliphatic heterocycles. The van der Waals surface area contributed by atoms with Gasteiger partial charge in [-0.05, 0) is 61.9 Å². The highest BCUT2D eigenvalue weighted by atomic mass is 19.1. The van der Waals surface area contributed by atoms with Gasteiger partial charge in [0.2, 0.25) is 0 Å². The third-order valence-corrected chi connectivity index (χ3v) is 6.01. The monoisotopic (exact) mass is 362 g/mol. The van der Waals surface area contributed by atoms with Crippen LogP contribution in [0.3, 0.4) is 0 Å². The smallest absolute Gasteiger partial charge is 0.306 e. The van der Waals surface area contributed by atoms with E-state index in [9.17, 15) is 9.18 Å². The molecule has 0 atom stereocenters. The minimum atomic E-state index is -0.659. The molecular formula is C21H31FN2O2. The van der Waals surface area contributed by atoms with Gasteiger partial charge in [0.15, 0.2) is 0 Å². The Bertz CT molecular complexity index is 640. The number of benzene rings is 1. The van der Waals surface area contributed by atoms with Gasteiger partial charge in [-0.2, -0.15) is 0 Å². The molecule has 4 nitrogen and oxygen atoms in total. The number of rotatable bonds is 3. The first-order valence-electron chi connectivity index (χ1n) is 9.77. The van der Waals surface area contributed by atoms with Crippen LogP contribution >= 0.6 is 0 Å². The minimum Gasteiger partial charge on any atom is -0.481 e. The van der Waals surface area contributed by atoms with E-state index in [0.29, 0.717) is 11.7 Å². The molecule has 5 heteroatoms. The summed E-state index contributed by atoms with van der Waals surface area (Å²) in [5, 5.41) is 9.13. The van der Waals surface area contributed by atoms with E-state index < -0.39 is 5.97 Å². The lowest BCUT2D eigenvalue weighted by Gasteiger charge is -2.42. The first kappa shape index (κ1) is 19.2. The predicted molar refractivity (Wildman–Crippen MR) is 102 cm³/mol. The Morgan fingerprint density at radius 2 is 1.69 bits per heavy atom. The van der Waals surface area contributed by atoms with Crippen molar-refractivity contribution in [1.29, 1.82) is 0 Å². The summed E-state index contributed by atoms with van der Waals surface area (Å²) in [6.07, 6.45) is 3.52. The Kier molecular flexibility index (Phi) is 5.56. The summed E-state index contributed by atoms with van der Waals surface area (Å²) >= 11 is 0. The maximum absolute atomic E-state index is 14.6. The van der Waals surface area contributed by atoms with Crippen LogP contribution in [0.4, 0.5) is 10.1 Å². The van der Waals surface area contributed by atoms with Gasteiger partial charge >= 0.3 is 5.97 Å². The lowest BCUT2D eigenvalue weighted by atomic mass is 9.87. The Labute approximate surface area is 156 Å². The third kappa shape index (κ3) is 4.20. The molecule has 2 aliphatic rings. The zero-order valence-corrected chi connectivity index (χ0v) is 16.2. The zero-order chi connectivity index (χ0) is 18.9. The highest BCUT2D eigenvalue weighted by Gasteiger charge is 2.31. The molecule has 144 valence electrons. The molecule has 0 aromatic heterocycles. The second kappa shape index (κ2) is 7.55. The number of hydrogen-bond acceptors (Lipinski definition) is 3. The molecule has 26 heavy (non-hydrogen) atoms. The van der Waals surface area contributed by atoms with Crippen molar-refractivity contribution in [1.82, 2.24) is 4.90 Å². The number of halogens is 1. The lowest BCUT2D eigenvalue weighted by molar-refractivity contribution is -0.143. The van der Waals surface area contributed by atoms with Crippen molar-refractivity contribution in [3.63, 3.8) is 0 Å². The first-order valence-corrected chi connectivity index (χ1v) is 9.77. The molecule has 0 amide bonds. The molecule has 2 fully saturated rings. The van der Waals surface area contributed by atoms with Crippen molar-refractivity contribution in [3.8, 4) is 0 Å². The van der Waals surface area contributed by atoms with Crippen LogP contribution < -0.4 is 4.90 Å². The van der Waals surface area contributed by atoms with Gasteiger partial charge < -0.3 is 14.9 Å². The predicted octanol–water partition coefficient (Wildman–Crippen LogP) is 3.89. The fraction of sp³-hybridized carbons (Fsp3) is 0.667. The third-order valence-electron chi connectivity index (χ3n) is 6.01. The number of piperidine rings is 2. The van der Waals surface area contributed by atoms with Crippen LogP contribution in [0.2, 0.25) is 0 Å². The van der Waals surface area contributed by atoms with E-state index in [0.717, 1.165) is 57.4 Å². The number of carbonyl (C=O) groups is 1. The van der Waals surface area contributed by atoms with Crippen LogP contribution in [0.25, 0.3) is 0 Å². The van der Waals surface area contributed by atoms with Crippen LogP contribution in [0.1, 0.15) is 52.0 Å². The molecule has 1 N–H and O–H groups in total. The number of carboxylic acid groups (broad SMARTS) is 1. The Hall–Kier alpha value is -1.62. The molecule has 0 saturated carbocycles. The van der Waals surface area contributed by atoms with Crippen LogP contribution in [-0.2, 0) is 10.2 Å². The van der Waals surface area contributed by atoms with Crippen molar-refractivity contribution in [2.24, 2.45) is 5.92 Å². The molecule has 1 aromatic carbocycles. The Balaban J connectivity index is 1.57. The van der Waals surface area contributed by atoms with Crippen molar-refractivity contribution in [3.05, 3.63) is 29.6 Å². The van der Waals surface area contributed by atoms with E-state index in [4.69, 9.17) is 5.11 Å². The van der Waals surface area contributed by atoms with E-state index in [1.54, 1.807) is 6.07 Å². The maximum atomic E-state index is 14.6. The molecule has 0 radical (unpaired) electrons. The SMILES string of the molecule is CC(C)(C)c1ccc(N2CCC(N3CCC(C(=O)O)CC3)CC2)c(F)c1. The fourth-order valence-electron chi connectivity index (χ4n) is 4.21.